The predicted octanol–water partition coefficient (Wildman–Crippen LogP) is 2.87. The zero-order valence-corrected chi connectivity index (χ0v) is 25.0. The normalized spacial score (nSPS) is 14.5. The molecule has 1 heterocycles. The zero-order chi connectivity index (χ0) is 31.0. The maximum absolute atomic E-state index is 14.0. The molecule has 0 aliphatic heterocycles. The van der Waals surface area contributed by atoms with E-state index in [4.69, 9.17) is 0 Å². The minimum atomic E-state index is -3.64. The first kappa shape index (κ1) is 33.0. The third kappa shape index (κ3) is 9.02. The number of nitrogens with zero attached hydrogens (tertiary/aromatic N) is 2. The minimum absolute atomic E-state index is 0.0234. The predicted molar refractivity (Wildman–Crippen MR) is 156 cm³/mol. The second kappa shape index (κ2) is 14.6. The summed E-state index contributed by atoms with van der Waals surface area (Å²) in [6.45, 7) is 1.92. The minimum Gasteiger partial charge on any atom is -0.388 e. The van der Waals surface area contributed by atoms with Crippen LogP contribution in [-0.4, -0.2) is 73.0 Å². The van der Waals surface area contributed by atoms with Gasteiger partial charge in [-0.25, -0.2) is 26.5 Å². The van der Waals surface area contributed by atoms with Crippen LogP contribution in [-0.2, 0) is 16.4 Å². The molecular formula is C28H34F2N4O6S2. The lowest BCUT2D eigenvalue weighted by Gasteiger charge is -2.33. The van der Waals surface area contributed by atoms with Gasteiger partial charge < -0.3 is 20.8 Å². The highest BCUT2D eigenvalue weighted by molar-refractivity contribution is 7.92. The Morgan fingerprint density at radius 3 is 2.19 bits per heavy atom. The molecule has 0 radical (unpaired) electrons. The third-order valence-corrected chi connectivity index (χ3v) is 8.78. The van der Waals surface area contributed by atoms with Gasteiger partial charge in [-0.15, -0.1) is 11.3 Å². The number of anilines is 1. The number of hydrogen-bond acceptors (Lipinski definition) is 8. The van der Waals surface area contributed by atoms with Gasteiger partial charge in [0, 0.05) is 24.1 Å². The first-order chi connectivity index (χ1) is 19.8. The molecule has 2 amide bonds. The summed E-state index contributed by atoms with van der Waals surface area (Å²) >= 11 is 0.898. The molecule has 0 spiro atoms. The van der Waals surface area contributed by atoms with Crippen LogP contribution < -0.4 is 14.9 Å². The first-order valence-electron chi connectivity index (χ1n) is 13.2. The van der Waals surface area contributed by atoms with Crippen molar-refractivity contribution in [3.8, 4) is 0 Å². The van der Waals surface area contributed by atoms with Gasteiger partial charge in [-0.3, -0.25) is 9.59 Å². The van der Waals surface area contributed by atoms with Crippen molar-refractivity contribution in [3.05, 3.63) is 82.4 Å². The van der Waals surface area contributed by atoms with Gasteiger partial charge in [0.25, 0.3) is 11.8 Å². The molecule has 0 unspecified atom stereocenters. The molecule has 2 aromatic carbocycles. The Balaban J connectivity index is 1.89. The molecule has 1 aromatic heterocycles. The summed E-state index contributed by atoms with van der Waals surface area (Å²) < 4.78 is 52.5. The van der Waals surface area contributed by atoms with E-state index in [0.717, 1.165) is 40.5 Å². The molecule has 0 aliphatic rings. The molecule has 0 fully saturated rings. The number of unbranched alkanes of at least 4 members (excludes halogenated alkanes) is 1. The molecule has 0 bridgehead atoms. The van der Waals surface area contributed by atoms with Gasteiger partial charge in [-0.2, -0.15) is 0 Å². The van der Waals surface area contributed by atoms with Crippen LogP contribution in [0.25, 0.3) is 0 Å². The van der Waals surface area contributed by atoms with Crippen molar-refractivity contribution < 1.29 is 37.0 Å². The molecule has 4 N–H and O–H groups in total. The van der Waals surface area contributed by atoms with Crippen molar-refractivity contribution in [3.63, 3.8) is 0 Å². The number of hydrogen-bond donors (Lipinski definition) is 4. The molecule has 42 heavy (non-hydrogen) atoms. The number of aromatic nitrogens is 1. The molecular weight excluding hydrogens is 590 g/mol. The summed E-state index contributed by atoms with van der Waals surface area (Å²) in [6, 6.07) is 8.85. The number of rotatable bonds is 14. The number of sulfonamides is 1. The molecule has 0 saturated carbocycles. The molecule has 4 atom stereocenters. The number of amides is 2. The molecule has 10 nitrogen and oxygen atoms in total. The first-order valence-corrected chi connectivity index (χ1v) is 15.9. The Morgan fingerprint density at radius 1 is 1.00 bits per heavy atom. The van der Waals surface area contributed by atoms with Crippen LogP contribution in [0.1, 0.15) is 52.6 Å². The number of aliphatic hydroxyl groups excluding tert-OH is 2. The van der Waals surface area contributed by atoms with E-state index in [0.29, 0.717) is 24.5 Å². The standard InChI is InChI=1S/C28H34F2N4O6S2/c1-4-5-11-21(31-26(37)18-9-7-6-8-10-18)24(35)25(36)22(14-17-12-19(29)15-20(30)13-17)32-27(38)23-16-41-28(33-23)34(2)42(3,39)40/h6-10,12-13,15-16,21-22,24-25,35-36H,4-5,11,14H2,1-3H3,(H,31,37)(H,32,38)/t21-,22+,24-,25-/m1/s1. The summed E-state index contributed by atoms with van der Waals surface area (Å²) in [5.74, 6) is -3.02. The summed E-state index contributed by atoms with van der Waals surface area (Å²) in [7, 11) is -2.37. The topological polar surface area (TPSA) is 149 Å². The van der Waals surface area contributed by atoms with E-state index < -0.39 is 57.8 Å². The fraction of sp³-hybridized carbons (Fsp3) is 0.393. The quantitative estimate of drug-likeness (QED) is 0.216. The Bertz CT molecular complexity index is 1450. The van der Waals surface area contributed by atoms with Gasteiger partial charge in [0.1, 0.15) is 29.5 Å². The van der Waals surface area contributed by atoms with Crippen LogP contribution in [0.4, 0.5) is 13.9 Å². The lowest BCUT2D eigenvalue weighted by Crippen LogP contribution is -2.56. The van der Waals surface area contributed by atoms with E-state index in [1.54, 1.807) is 30.3 Å². The van der Waals surface area contributed by atoms with Gasteiger partial charge in [0.2, 0.25) is 10.0 Å². The van der Waals surface area contributed by atoms with Crippen LogP contribution >= 0.6 is 11.3 Å². The number of halogens is 2. The second-order valence-corrected chi connectivity index (χ2v) is 12.7. The van der Waals surface area contributed by atoms with Crippen molar-refractivity contribution in [2.24, 2.45) is 0 Å². The molecule has 3 aromatic rings. The Morgan fingerprint density at radius 2 is 1.60 bits per heavy atom. The van der Waals surface area contributed by atoms with Crippen LogP contribution in [0, 0.1) is 11.6 Å². The maximum atomic E-state index is 14.0. The molecule has 228 valence electrons. The lowest BCUT2D eigenvalue weighted by atomic mass is 9.91. The summed E-state index contributed by atoms with van der Waals surface area (Å²) in [5.41, 5.74) is 0.278. The van der Waals surface area contributed by atoms with E-state index in [2.05, 4.69) is 15.6 Å². The van der Waals surface area contributed by atoms with Crippen molar-refractivity contribution in [1.29, 1.82) is 0 Å². The lowest BCUT2D eigenvalue weighted by molar-refractivity contribution is -0.0238. The number of benzene rings is 2. The summed E-state index contributed by atoms with van der Waals surface area (Å²) in [4.78, 5) is 30.1. The number of aliphatic hydroxyl groups is 2. The summed E-state index contributed by atoms with van der Waals surface area (Å²) in [6.07, 6.45) is -0.958. The monoisotopic (exact) mass is 624 g/mol. The zero-order valence-electron chi connectivity index (χ0n) is 23.3. The van der Waals surface area contributed by atoms with E-state index in [-0.39, 0.29) is 22.8 Å². The maximum Gasteiger partial charge on any atom is 0.271 e. The van der Waals surface area contributed by atoms with E-state index >= 15 is 0 Å². The SMILES string of the molecule is CCCC[C@@H](NC(=O)c1ccccc1)[C@@H](O)[C@H](O)[C@H](Cc1cc(F)cc(F)c1)NC(=O)c1csc(N(C)S(C)(=O)=O)n1. The van der Waals surface area contributed by atoms with Gasteiger partial charge in [-0.1, -0.05) is 38.0 Å². The van der Waals surface area contributed by atoms with E-state index in [9.17, 15) is 37.0 Å². The molecule has 3 rings (SSSR count). The Labute approximate surface area is 247 Å². The molecule has 14 heteroatoms. The fourth-order valence-corrected chi connectivity index (χ4v) is 5.74. The summed E-state index contributed by atoms with van der Waals surface area (Å²) in [5, 5.41) is 29.2. The van der Waals surface area contributed by atoms with Crippen molar-refractivity contribution in [1.82, 2.24) is 15.6 Å². The number of carbonyl (C=O) groups excluding carboxylic acids is 2. The average Bonchev–Trinajstić information content (AvgIpc) is 3.43. The average molecular weight is 625 g/mol. The van der Waals surface area contributed by atoms with Gasteiger partial charge >= 0.3 is 0 Å². The van der Waals surface area contributed by atoms with Crippen LogP contribution in [0.3, 0.4) is 0 Å². The van der Waals surface area contributed by atoms with Gasteiger partial charge in [0.15, 0.2) is 5.13 Å². The number of carbonyl (C=O) groups is 2. The van der Waals surface area contributed by atoms with E-state index in [1.807, 2.05) is 6.92 Å². The van der Waals surface area contributed by atoms with Gasteiger partial charge in [-0.05, 0) is 42.7 Å². The fourth-order valence-electron chi connectivity index (χ4n) is 4.21. The van der Waals surface area contributed by atoms with Crippen LogP contribution in [0.15, 0.2) is 53.9 Å². The molecule has 0 saturated heterocycles. The Kier molecular flexibility index (Phi) is 11.5. The smallest absolute Gasteiger partial charge is 0.271 e. The highest BCUT2D eigenvalue weighted by atomic mass is 32.2. The highest BCUT2D eigenvalue weighted by Crippen LogP contribution is 2.22. The second-order valence-electron chi connectivity index (χ2n) is 9.88. The van der Waals surface area contributed by atoms with Crippen molar-refractivity contribution in [2.45, 2.75) is 56.9 Å². The van der Waals surface area contributed by atoms with Gasteiger partial charge in [0.05, 0.1) is 18.3 Å². The highest BCUT2D eigenvalue weighted by Gasteiger charge is 2.35. The van der Waals surface area contributed by atoms with Crippen LogP contribution in [0.5, 0.6) is 0 Å². The number of nitrogens with one attached hydrogen (secondary N) is 2. The molecule has 0 aliphatic carbocycles. The van der Waals surface area contributed by atoms with E-state index in [1.165, 1.54) is 12.4 Å². The third-order valence-electron chi connectivity index (χ3n) is 6.58. The Hall–Kier alpha value is -3.46. The largest absolute Gasteiger partial charge is 0.388 e. The van der Waals surface area contributed by atoms with Crippen LogP contribution in [0.2, 0.25) is 0 Å². The number of thiazole rings is 1. The van der Waals surface area contributed by atoms with Crippen molar-refractivity contribution in [2.75, 3.05) is 17.6 Å². The van der Waals surface area contributed by atoms with Crippen molar-refractivity contribution >= 4 is 38.3 Å².